The molecule has 2 aromatic rings. The van der Waals surface area contributed by atoms with E-state index in [1.807, 2.05) is 47.4 Å². The van der Waals surface area contributed by atoms with Crippen molar-refractivity contribution in [1.82, 2.24) is 4.90 Å². The highest BCUT2D eigenvalue weighted by atomic mass is 16.5. The standard InChI is InChI=1S/C22H27N3O2/c26-22(18-27-19-8-2-1-3-9-19)25-17-16-24(15-14-23-12-6-7-13-23)20-10-4-5-11-21(20)25/h1-5,8-11H,6-7,12-18H2. The van der Waals surface area contributed by atoms with Gasteiger partial charge in [0, 0.05) is 26.2 Å². The van der Waals surface area contributed by atoms with Gasteiger partial charge < -0.3 is 19.4 Å². The van der Waals surface area contributed by atoms with Gasteiger partial charge in [0.1, 0.15) is 5.75 Å². The van der Waals surface area contributed by atoms with Crippen LogP contribution in [-0.2, 0) is 4.79 Å². The summed E-state index contributed by atoms with van der Waals surface area (Å²) in [5.41, 5.74) is 2.14. The number of carbonyl (C=O) groups is 1. The lowest BCUT2D eigenvalue weighted by Crippen LogP contribution is -2.47. The molecule has 4 rings (SSSR count). The summed E-state index contributed by atoms with van der Waals surface area (Å²) in [5, 5.41) is 0. The fourth-order valence-corrected chi connectivity index (χ4v) is 3.92. The van der Waals surface area contributed by atoms with Gasteiger partial charge in [-0.25, -0.2) is 0 Å². The number of hydrogen-bond donors (Lipinski definition) is 0. The maximum atomic E-state index is 12.8. The van der Waals surface area contributed by atoms with Crippen molar-refractivity contribution in [1.29, 1.82) is 0 Å². The fourth-order valence-electron chi connectivity index (χ4n) is 3.92. The van der Waals surface area contributed by atoms with Crippen LogP contribution < -0.4 is 14.5 Å². The van der Waals surface area contributed by atoms with Gasteiger partial charge in [0.2, 0.25) is 0 Å². The van der Waals surface area contributed by atoms with Crippen molar-refractivity contribution >= 4 is 17.3 Å². The number of benzene rings is 2. The number of hydrogen-bond acceptors (Lipinski definition) is 4. The number of anilines is 2. The minimum Gasteiger partial charge on any atom is -0.484 e. The highest BCUT2D eigenvalue weighted by Crippen LogP contribution is 2.32. The zero-order valence-electron chi connectivity index (χ0n) is 15.7. The van der Waals surface area contributed by atoms with E-state index in [-0.39, 0.29) is 12.5 Å². The van der Waals surface area contributed by atoms with Gasteiger partial charge in [-0.1, -0.05) is 30.3 Å². The second-order valence-electron chi connectivity index (χ2n) is 7.17. The van der Waals surface area contributed by atoms with E-state index in [1.54, 1.807) is 0 Å². The number of amides is 1. The number of carbonyl (C=O) groups excluding carboxylic acids is 1. The second kappa shape index (κ2) is 8.44. The van der Waals surface area contributed by atoms with Crippen LogP contribution in [0.3, 0.4) is 0 Å². The van der Waals surface area contributed by atoms with Crippen LogP contribution in [0.25, 0.3) is 0 Å². The van der Waals surface area contributed by atoms with E-state index < -0.39 is 0 Å². The van der Waals surface area contributed by atoms with Crippen molar-refractivity contribution in [2.45, 2.75) is 12.8 Å². The van der Waals surface area contributed by atoms with Crippen molar-refractivity contribution in [3.8, 4) is 5.75 Å². The van der Waals surface area contributed by atoms with Crippen molar-refractivity contribution in [2.24, 2.45) is 0 Å². The molecule has 2 aliphatic rings. The number of nitrogens with zero attached hydrogens (tertiary/aromatic N) is 3. The predicted molar refractivity (Wildman–Crippen MR) is 109 cm³/mol. The third-order valence-corrected chi connectivity index (χ3v) is 5.40. The summed E-state index contributed by atoms with van der Waals surface area (Å²) in [6.07, 6.45) is 2.64. The summed E-state index contributed by atoms with van der Waals surface area (Å²) in [6.45, 7) is 6.18. The molecular weight excluding hydrogens is 338 g/mol. The molecule has 0 radical (unpaired) electrons. The third kappa shape index (κ3) is 4.25. The molecule has 5 heteroatoms. The topological polar surface area (TPSA) is 36.0 Å². The summed E-state index contributed by atoms with van der Waals surface area (Å²) in [6, 6.07) is 17.7. The summed E-state index contributed by atoms with van der Waals surface area (Å²) in [7, 11) is 0. The van der Waals surface area contributed by atoms with E-state index >= 15 is 0 Å². The molecule has 0 aliphatic carbocycles. The zero-order valence-corrected chi connectivity index (χ0v) is 15.7. The average molecular weight is 365 g/mol. The minimum absolute atomic E-state index is 0.00509. The first-order valence-electron chi connectivity index (χ1n) is 9.86. The zero-order chi connectivity index (χ0) is 18.5. The van der Waals surface area contributed by atoms with Crippen molar-refractivity contribution in [3.63, 3.8) is 0 Å². The van der Waals surface area contributed by atoms with Crippen LogP contribution in [-0.4, -0.2) is 56.7 Å². The molecule has 0 atom stereocenters. The lowest BCUT2D eigenvalue weighted by molar-refractivity contribution is -0.120. The lowest BCUT2D eigenvalue weighted by atomic mass is 10.1. The molecule has 142 valence electrons. The predicted octanol–water partition coefficient (Wildman–Crippen LogP) is 3.01. The lowest BCUT2D eigenvalue weighted by Gasteiger charge is -2.38. The second-order valence-corrected chi connectivity index (χ2v) is 7.17. The van der Waals surface area contributed by atoms with Crippen LogP contribution in [0, 0.1) is 0 Å². The van der Waals surface area contributed by atoms with Crippen molar-refractivity contribution in [3.05, 3.63) is 54.6 Å². The normalized spacial score (nSPS) is 17.0. The van der Waals surface area contributed by atoms with E-state index in [0.717, 1.165) is 36.8 Å². The van der Waals surface area contributed by atoms with Gasteiger partial charge >= 0.3 is 0 Å². The van der Waals surface area contributed by atoms with E-state index in [0.29, 0.717) is 6.54 Å². The van der Waals surface area contributed by atoms with Crippen LogP contribution >= 0.6 is 0 Å². The molecule has 2 aromatic carbocycles. The Morgan fingerprint density at radius 3 is 2.30 bits per heavy atom. The molecular formula is C22H27N3O2. The molecule has 0 spiro atoms. The molecule has 27 heavy (non-hydrogen) atoms. The maximum absolute atomic E-state index is 12.8. The van der Waals surface area contributed by atoms with Crippen LogP contribution in [0.1, 0.15) is 12.8 Å². The SMILES string of the molecule is O=C(COc1ccccc1)N1CCN(CCN2CCCC2)c2ccccc21. The molecule has 1 amide bonds. The van der Waals surface area contributed by atoms with E-state index in [9.17, 15) is 4.79 Å². The van der Waals surface area contributed by atoms with Gasteiger partial charge in [0.05, 0.1) is 11.4 Å². The first-order valence-corrected chi connectivity index (χ1v) is 9.86. The quantitative estimate of drug-likeness (QED) is 0.788. The first-order chi connectivity index (χ1) is 13.3. The summed E-state index contributed by atoms with van der Waals surface area (Å²) < 4.78 is 5.67. The largest absolute Gasteiger partial charge is 0.484 e. The molecule has 2 aliphatic heterocycles. The highest BCUT2D eigenvalue weighted by Gasteiger charge is 2.27. The summed E-state index contributed by atoms with van der Waals surface area (Å²) >= 11 is 0. The summed E-state index contributed by atoms with van der Waals surface area (Å²) in [5.74, 6) is 0.730. The number of rotatable bonds is 6. The van der Waals surface area contributed by atoms with Crippen molar-refractivity contribution < 1.29 is 9.53 Å². The van der Waals surface area contributed by atoms with Crippen LogP contribution in [0.4, 0.5) is 11.4 Å². The fraction of sp³-hybridized carbons (Fsp3) is 0.409. The van der Waals surface area contributed by atoms with Gasteiger partial charge in [0.25, 0.3) is 5.91 Å². The van der Waals surface area contributed by atoms with Gasteiger partial charge in [-0.3, -0.25) is 4.79 Å². The molecule has 0 bridgehead atoms. The Kier molecular flexibility index (Phi) is 5.58. The Balaban J connectivity index is 1.41. The number of ether oxygens (including phenoxy) is 1. The molecule has 0 N–H and O–H groups in total. The smallest absolute Gasteiger partial charge is 0.265 e. The number of para-hydroxylation sites is 3. The van der Waals surface area contributed by atoms with Gasteiger partial charge in [0.15, 0.2) is 6.61 Å². The maximum Gasteiger partial charge on any atom is 0.265 e. The van der Waals surface area contributed by atoms with Crippen molar-refractivity contribution in [2.75, 3.05) is 55.7 Å². The number of likely N-dealkylation sites (tertiary alicyclic amines) is 1. The Morgan fingerprint density at radius 1 is 0.815 bits per heavy atom. The van der Waals surface area contributed by atoms with E-state index in [1.165, 1.54) is 25.9 Å². The van der Waals surface area contributed by atoms with Gasteiger partial charge in [-0.15, -0.1) is 0 Å². The molecule has 0 saturated carbocycles. The molecule has 0 aromatic heterocycles. The summed E-state index contributed by atoms with van der Waals surface area (Å²) in [4.78, 5) is 19.6. The van der Waals surface area contributed by atoms with E-state index in [2.05, 4.69) is 21.9 Å². The Bertz CT molecular complexity index is 759. The van der Waals surface area contributed by atoms with Crippen LogP contribution in [0.2, 0.25) is 0 Å². The highest BCUT2D eigenvalue weighted by molar-refractivity contribution is 5.98. The minimum atomic E-state index is 0.00509. The van der Waals surface area contributed by atoms with Crippen LogP contribution in [0.15, 0.2) is 54.6 Å². The molecule has 5 nitrogen and oxygen atoms in total. The first kappa shape index (κ1) is 17.9. The van der Waals surface area contributed by atoms with Crippen LogP contribution in [0.5, 0.6) is 5.75 Å². The molecule has 0 unspecified atom stereocenters. The third-order valence-electron chi connectivity index (χ3n) is 5.40. The Labute approximate surface area is 161 Å². The molecule has 1 fully saturated rings. The van der Waals surface area contributed by atoms with E-state index in [4.69, 9.17) is 4.74 Å². The molecule has 2 heterocycles. The number of fused-ring (bicyclic) bond motifs is 1. The monoisotopic (exact) mass is 365 g/mol. The van der Waals surface area contributed by atoms with Gasteiger partial charge in [-0.05, 0) is 50.2 Å². The Morgan fingerprint density at radius 2 is 1.52 bits per heavy atom. The Hall–Kier alpha value is -2.53. The molecule has 1 saturated heterocycles. The average Bonchev–Trinajstić information content (AvgIpc) is 3.24. The van der Waals surface area contributed by atoms with Gasteiger partial charge in [-0.2, -0.15) is 0 Å².